The molecule has 0 radical (unpaired) electrons. The molecule has 1 aliphatic rings. The molecule has 0 bridgehead atoms. The molecular weight excluding hydrogens is 374 g/mol. The summed E-state index contributed by atoms with van der Waals surface area (Å²) >= 11 is 0. The average Bonchev–Trinajstić information content (AvgIpc) is 3.03. The summed E-state index contributed by atoms with van der Waals surface area (Å²) in [6.07, 6.45) is -9.60. The quantitative estimate of drug-likeness (QED) is 0.762. The first kappa shape index (κ1) is 19.8. The van der Waals surface area contributed by atoms with Gasteiger partial charge < -0.3 is 10.0 Å². The maximum Gasteiger partial charge on any atom is 0.435 e. The fourth-order valence-corrected chi connectivity index (χ4v) is 2.81. The van der Waals surface area contributed by atoms with Gasteiger partial charge in [-0.3, -0.25) is 14.8 Å². The molecule has 2 N–H and O–H groups in total. The van der Waals surface area contributed by atoms with E-state index in [1.54, 1.807) is 0 Å². The van der Waals surface area contributed by atoms with E-state index in [1.807, 2.05) is 0 Å². The predicted octanol–water partition coefficient (Wildman–Crippen LogP) is 2.47. The molecule has 1 aromatic rings. The zero-order valence-corrected chi connectivity index (χ0v) is 13.4. The fourth-order valence-electron chi connectivity index (χ4n) is 2.81. The summed E-state index contributed by atoms with van der Waals surface area (Å²) in [6, 6.07) is -1.14. The first-order chi connectivity index (χ1) is 11.7. The van der Waals surface area contributed by atoms with E-state index in [0.29, 0.717) is 4.90 Å². The molecule has 0 spiro atoms. The van der Waals surface area contributed by atoms with Crippen molar-refractivity contribution in [1.82, 2.24) is 14.7 Å². The second kappa shape index (κ2) is 6.36. The minimum absolute atomic E-state index is 0.343. The number of aliphatic carboxylic acids is 1. The molecule has 0 saturated carbocycles. The van der Waals surface area contributed by atoms with E-state index in [0.717, 1.165) is 18.7 Å². The molecule has 0 aliphatic carbocycles. The monoisotopic (exact) mass is 388 g/mol. The number of likely N-dealkylation sites (tertiary alicyclic amines) is 1. The summed E-state index contributed by atoms with van der Waals surface area (Å²) in [5, 5.41) is 14.2. The van der Waals surface area contributed by atoms with E-state index in [9.17, 15) is 35.9 Å². The van der Waals surface area contributed by atoms with Crippen LogP contribution >= 0.6 is 0 Å². The zero-order chi connectivity index (χ0) is 20.0. The molecule has 26 heavy (non-hydrogen) atoms. The molecular formula is C13H14F6N4O3. The van der Waals surface area contributed by atoms with Gasteiger partial charge in [-0.1, -0.05) is 0 Å². The Kier molecular flexibility index (Phi) is 4.85. The molecule has 2 heterocycles. The fraction of sp³-hybridized carbons (Fsp3) is 0.615. The van der Waals surface area contributed by atoms with Crippen LogP contribution in [-0.4, -0.2) is 51.1 Å². The van der Waals surface area contributed by atoms with Gasteiger partial charge in [0.25, 0.3) is 0 Å². The maximum atomic E-state index is 12.9. The van der Waals surface area contributed by atoms with Crippen molar-refractivity contribution >= 4 is 17.8 Å². The second-order valence-electron chi connectivity index (χ2n) is 5.87. The molecule has 1 fully saturated rings. The van der Waals surface area contributed by atoms with Gasteiger partial charge in [-0.25, -0.2) is 4.79 Å². The van der Waals surface area contributed by atoms with Gasteiger partial charge in [0.1, 0.15) is 5.82 Å². The Bertz CT molecular complexity index is 727. The Balaban J connectivity index is 2.22. The first-order valence-electron chi connectivity index (χ1n) is 7.19. The van der Waals surface area contributed by atoms with Gasteiger partial charge in [-0.05, 0) is 6.92 Å². The number of hydrogen-bond acceptors (Lipinski definition) is 3. The normalized spacial score (nSPS) is 21.2. The van der Waals surface area contributed by atoms with Crippen LogP contribution in [0.4, 0.5) is 37.0 Å². The van der Waals surface area contributed by atoms with Crippen LogP contribution in [0.1, 0.15) is 11.3 Å². The van der Waals surface area contributed by atoms with Crippen molar-refractivity contribution < 1.29 is 41.0 Å². The average molecular weight is 388 g/mol. The lowest BCUT2D eigenvalue weighted by Crippen LogP contribution is -2.35. The van der Waals surface area contributed by atoms with Crippen molar-refractivity contribution in [3.05, 3.63) is 11.3 Å². The lowest BCUT2D eigenvalue weighted by molar-refractivity contribution is -0.187. The molecule has 146 valence electrons. The summed E-state index contributed by atoms with van der Waals surface area (Å²) in [5.74, 6) is -6.16. The van der Waals surface area contributed by atoms with Gasteiger partial charge in [-0.15, -0.1) is 0 Å². The SMILES string of the molecule is Cc1c(C(F)(F)F)nn(C)c1NC(=O)N1C[C@@H](C(F)(F)F)[C@H](C(=O)O)C1. The lowest BCUT2D eigenvalue weighted by atomic mass is 9.96. The Morgan fingerprint density at radius 3 is 2.15 bits per heavy atom. The third-order valence-corrected chi connectivity index (χ3v) is 4.12. The smallest absolute Gasteiger partial charge is 0.435 e. The van der Waals surface area contributed by atoms with Gasteiger partial charge in [0.2, 0.25) is 0 Å². The lowest BCUT2D eigenvalue weighted by Gasteiger charge is -2.19. The largest absolute Gasteiger partial charge is 0.481 e. The van der Waals surface area contributed by atoms with Crippen LogP contribution in [0.15, 0.2) is 0 Å². The van der Waals surface area contributed by atoms with Crippen LogP contribution in [0.5, 0.6) is 0 Å². The number of hydrogen-bond donors (Lipinski definition) is 2. The molecule has 7 nitrogen and oxygen atoms in total. The summed E-state index contributed by atoms with van der Waals surface area (Å²) in [7, 11) is 1.13. The molecule has 2 atom stereocenters. The van der Waals surface area contributed by atoms with Crippen LogP contribution in [0.25, 0.3) is 0 Å². The van der Waals surface area contributed by atoms with Crippen LogP contribution in [0.2, 0.25) is 0 Å². The summed E-state index contributed by atoms with van der Waals surface area (Å²) < 4.78 is 78.0. The Morgan fingerprint density at radius 2 is 1.77 bits per heavy atom. The highest BCUT2D eigenvalue weighted by molar-refractivity contribution is 5.90. The van der Waals surface area contributed by atoms with Gasteiger partial charge >= 0.3 is 24.4 Å². The molecule has 2 rings (SSSR count). The van der Waals surface area contributed by atoms with Crippen molar-refractivity contribution in [3.8, 4) is 0 Å². The predicted molar refractivity (Wildman–Crippen MR) is 74.2 cm³/mol. The number of rotatable bonds is 2. The summed E-state index contributed by atoms with van der Waals surface area (Å²) in [6.45, 7) is -0.572. The van der Waals surface area contributed by atoms with E-state index in [-0.39, 0.29) is 5.82 Å². The van der Waals surface area contributed by atoms with Crippen LogP contribution in [-0.2, 0) is 18.0 Å². The Labute approximate surface area is 142 Å². The van der Waals surface area contributed by atoms with Crippen molar-refractivity contribution in [2.24, 2.45) is 18.9 Å². The summed E-state index contributed by atoms with van der Waals surface area (Å²) in [5.41, 5.74) is -1.65. The van der Waals surface area contributed by atoms with Crippen molar-refractivity contribution in [2.75, 3.05) is 18.4 Å². The number of halogens is 6. The molecule has 1 aromatic heterocycles. The Morgan fingerprint density at radius 1 is 1.19 bits per heavy atom. The van der Waals surface area contributed by atoms with E-state index in [1.165, 1.54) is 0 Å². The standard InChI is InChI=1S/C13H14F6N4O3/c1-5-8(13(17,18)19)21-22(2)9(5)20-11(26)23-3-6(10(24)25)7(4-23)12(14,15)16/h6-7H,3-4H2,1-2H3,(H,20,26)(H,24,25)/t6-,7-/m1/s1. The highest BCUT2D eigenvalue weighted by Gasteiger charge is 2.53. The minimum Gasteiger partial charge on any atom is -0.481 e. The van der Waals surface area contributed by atoms with Crippen molar-refractivity contribution in [1.29, 1.82) is 0 Å². The van der Waals surface area contributed by atoms with Crippen molar-refractivity contribution in [2.45, 2.75) is 19.3 Å². The number of carboxylic acid groups (broad SMARTS) is 1. The number of carbonyl (C=O) groups is 2. The van der Waals surface area contributed by atoms with E-state index < -0.39 is 60.5 Å². The molecule has 0 aromatic carbocycles. The number of anilines is 1. The highest BCUT2D eigenvalue weighted by atomic mass is 19.4. The van der Waals surface area contributed by atoms with Gasteiger partial charge in [0.05, 0.1) is 11.8 Å². The number of nitrogens with zero attached hydrogens (tertiary/aromatic N) is 3. The van der Waals surface area contributed by atoms with E-state index in [4.69, 9.17) is 5.11 Å². The van der Waals surface area contributed by atoms with Crippen LogP contribution in [0.3, 0.4) is 0 Å². The second-order valence-corrected chi connectivity index (χ2v) is 5.87. The molecule has 1 saturated heterocycles. The third kappa shape index (κ3) is 3.70. The van der Waals surface area contributed by atoms with Gasteiger partial charge in [-0.2, -0.15) is 31.4 Å². The topological polar surface area (TPSA) is 87.5 Å². The van der Waals surface area contributed by atoms with Crippen LogP contribution in [0, 0.1) is 18.8 Å². The minimum atomic E-state index is -4.83. The molecule has 13 heteroatoms. The van der Waals surface area contributed by atoms with E-state index in [2.05, 4.69) is 10.4 Å². The number of aryl methyl sites for hydroxylation is 1. The number of aromatic nitrogens is 2. The van der Waals surface area contributed by atoms with Crippen LogP contribution < -0.4 is 5.32 Å². The van der Waals surface area contributed by atoms with E-state index >= 15 is 0 Å². The number of carboxylic acids is 1. The molecule has 1 aliphatic heterocycles. The summed E-state index contributed by atoms with van der Waals surface area (Å²) in [4.78, 5) is 23.8. The molecule has 0 unspecified atom stereocenters. The maximum absolute atomic E-state index is 12.9. The zero-order valence-electron chi connectivity index (χ0n) is 13.4. The highest BCUT2D eigenvalue weighted by Crippen LogP contribution is 2.38. The first-order valence-corrected chi connectivity index (χ1v) is 7.19. The number of urea groups is 1. The third-order valence-electron chi connectivity index (χ3n) is 4.12. The number of carbonyl (C=O) groups excluding carboxylic acids is 1. The number of nitrogens with one attached hydrogen (secondary N) is 1. The Hall–Kier alpha value is -2.47. The van der Waals surface area contributed by atoms with Gasteiger partial charge in [0.15, 0.2) is 5.69 Å². The van der Waals surface area contributed by atoms with Gasteiger partial charge in [0, 0.05) is 25.7 Å². The molecule has 2 amide bonds. The number of alkyl halides is 6. The number of amides is 2. The van der Waals surface area contributed by atoms with Crippen molar-refractivity contribution in [3.63, 3.8) is 0 Å².